The number of hydrogen-bond acceptors (Lipinski definition) is 3. The van der Waals surface area contributed by atoms with Gasteiger partial charge in [-0.3, -0.25) is 4.79 Å². The normalized spacial score (nSPS) is 17.7. The summed E-state index contributed by atoms with van der Waals surface area (Å²) >= 11 is 0. The van der Waals surface area contributed by atoms with Crippen molar-refractivity contribution in [2.45, 2.75) is 44.6 Å². The zero-order valence-electron chi connectivity index (χ0n) is 16.0. The van der Waals surface area contributed by atoms with E-state index in [1.165, 1.54) is 11.1 Å². The van der Waals surface area contributed by atoms with Crippen molar-refractivity contribution in [3.63, 3.8) is 0 Å². The summed E-state index contributed by atoms with van der Waals surface area (Å²) in [4.78, 5) is 11.9. The zero-order valence-corrected chi connectivity index (χ0v) is 16.0. The largest absolute Gasteiger partial charge is 0.482 e. The lowest BCUT2D eigenvalue weighted by molar-refractivity contribution is -0.118. The number of carbonyl (C=O) groups excluding carboxylic acids is 1. The van der Waals surface area contributed by atoms with Crippen LogP contribution in [0.3, 0.4) is 0 Å². The molecule has 0 bridgehead atoms. The molecule has 0 amide bonds. The second-order valence-corrected chi connectivity index (χ2v) is 7.63. The number of hydrogen-bond donors (Lipinski definition) is 1. The number of para-hydroxylation sites is 1. The first kappa shape index (κ1) is 18.0. The molecule has 0 unspecified atom stereocenters. The van der Waals surface area contributed by atoms with E-state index in [0.29, 0.717) is 18.6 Å². The molecule has 0 aromatic heterocycles. The van der Waals surface area contributed by atoms with Crippen LogP contribution in [0.1, 0.15) is 49.3 Å². The molecule has 1 fully saturated rings. The van der Waals surface area contributed by atoms with Gasteiger partial charge in [0.2, 0.25) is 0 Å². The smallest absolute Gasteiger partial charge is 0.137 e. The number of fused-ring (bicyclic) bond motifs is 1. The summed E-state index contributed by atoms with van der Waals surface area (Å²) < 4.78 is 6.45. The molecule has 1 saturated heterocycles. The van der Waals surface area contributed by atoms with Crippen molar-refractivity contribution in [1.29, 1.82) is 0 Å². The Hall–Kier alpha value is -2.39. The van der Waals surface area contributed by atoms with E-state index in [9.17, 15) is 4.79 Å². The highest BCUT2D eigenvalue weighted by Gasteiger charge is 2.36. The van der Waals surface area contributed by atoms with E-state index in [0.717, 1.165) is 49.2 Å². The third-order valence-corrected chi connectivity index (χ3v) is 5.54. The summed E-state index contributed by atoms with van der Waals surface area (Å²) in [6.45, 7) is 4.00. The highest BCUT2D eigenvalue weighted by Crippen LogP contribution is 2.42. The fourth-order valence-corrected chi connectivity index (χ4v) is 4.10. The van der Waals surface area contributed by atoms with Gasteiger partial charge in [0.25, 0.3) is 0 Å². The van der Waals surface area contributed by atoms with E-state index in [2.05, 4.69) is 53.9 Å². The molecule has 2 aliphatic heterocycles. The van der Waals surface area contributed by atoms with Crippen LogP contribution in [0.2, 0.25) is 0 Å². The van der Waals surface area contributed by atoms with E-state index >= 15 is 0 Å². The van der Waals surface area contributed by atoms with Crippen LogP contribution in [0.4, 0.5) is 0 Å². The number of ether oxygens (including phenoxy) is 1. The van der Waals surface area contributed by atoms with Gasteiger partial charge in [-0.15, -0.1) is 0 Å². The fourth-order valence-electron chi connectivity index (χ4n) is 4.10. The summed E-state index contributed by atoms with van der Waals surface area (Å²) in [5.74, 6) is 1.29. The van der Waals surface area contributed by atoms with Crippen LogP contribution in [-0.2, 0) is 11.2 Å². The lowest BCUT2D eigenvalue weighted by Gasteiger charge is -2.40. The van der Waals surface area contributed by atoms with Gasteiger partial charge in [0.15, 0.2) is 0 Å². The fraction of sp³-hybridized carbons (Fsp3) is 0.375. The van der Waals surface area contributed by atoms with Crippen LogP contribution in [0.15, 0.2) is 54.6 Å². The van der Waals surface area contributed by atoms with Crippen LogP contribution < -0.4 is 10.1 Å². The summed E-state index contributed by atoms with van der Waals surface area (Å²) in [7, 11) is 0. The molecule has 2 aliphatic rings. The highest BCUT2D eigenvalue weighted by molar-refractivity contribution is 5.85. The Balaban J connectivity index is 1.66. The maximum absolute atomic E-state index is 11.9. The van der Waals surface area contributed by atoms with Gasteiger partial charge in [-0.1, -0.05) is 49.4 Å². The number of ketones is 1. The zero-order chi connectivity index (χ0) is 18.7. The molecule has 0 saturated carbocycles. The molecule has 1 N–H and O–H groups in total. The van der Waals surface area contributed by atoms with E-state index in [-0.39, 0.29) is 5.60 Å². The Bertz CT molecular complexity index is 845. The van der Waals surface area contributed by atoms with E-state index < -0.39 is 0 Å². The van der Waals surface area contributed by atoms with Crippen molar-refractivity contribution in [3.8, 4) is 5.75 Å². The van der Waals surface area contributed by atoms with Crippen LogP contribution in [0.5, 0.6) is 5.75 Å². The second kappa shape index (κ2) is 7.69. The number of carbonyl (C=O) groups is 1. The third-order valence-electron chi connectivity index (χ3n) is 5.54. The molecule has 0 radical (unpaired) electrons. The number of rotatable bonds is 5. The minimum atomic E-state index is -0.218. The van der Waals surface area contributed by atoms with Gasteiger partial charge in [0.05, 0.1) is 0 Å². The summed E-state index contributed by atoms with van der Waals surface area (Å²) in [6.07, 6.45) is 6.39. The van der Waals surface area contributed by atoms with Crippen molar-refractivity contribution in [1.82, 2.24) is 5.32 Å². The summed E-state index contributed by atoms with van der Waals surface area (Å²) in [5.41, 5.74) is 4.46. The van der Waals surface area contributed by atoms with Gasteiger partial charge < -0.3 is 10.1 Å². The van der Waals surface area contributed by atoms with Crippen molar-refractivity contribution in [2.75, 3.05) is 13.1 Å². The SMILES string of the molecule is CCCC(=O)Cc1ccc(C2=CC3(CCNCC3)Oc3ccccc32)cc1. The average molecular weight is 361 g/mol. The molecule has 27 heavy (non-hydrogen) atoms. The van der Waals surface area contributed by atoms with Crippen LogP contribution in [-0.4, -0.2) is 24.5 Å². The maximum atomic E-state index is 11.9. The number of nitrogens with one attached hydrogen (secondary N) is 1. The first-order chi connectivity index (χ1) is 13.2. The Morgan fingerprint density at radius 3 is 2.56 bits per heavy atom. The Kier molecular flexibility index (Phi) is 5.13. The summed E-state index contributed by atoms with van der Waals surface area (Å²) in [5, 5.41) is 3.43. The minimum Gasteiger partial charge on any atom is -0.482 e. The Morgan fingerprint density at radius 2 is 1.81 bits per heavy atom. The van der Waals surface area contributed by atoms with Crippen molar-refractivity contribution in [2.24, 2.45) is 0 Å². The quantitative estimate of drug-likeness (QED) is 0.849. The minimum absolute atomic E-state index is 0.218. The molecule has 3 nitrogen and oxygen atoms in total. The van der Waals surface area contributed by atoms with Crippen molar-refractivity contribution < 1.29 is 9.53 Å². The molecule has 3 heteroatoms. The third kappa shape index (κ3) is 3.84. The number of benzene rings is 2. The predicted molar refractivity (Wildman–Crippen MR) is 109 cm³/mol. The van der Waals surface area contributed by atoms with Crippen LogP contribution in [0, 0.1) is 0 Å². The van der Waals surface area contributed by atoms with Crippen LogP contribution in [0.25, 0.3) is 5.57 Å². The lowest BCUT2D eigenvalue weighted by atomic mass is 9.83. The van der Waals surface area contributed by atoms with Crippen molar-refractivity contribution >= 4 is 11.4 Å². The molecule has 4 rings (SSSR count). The molecule has 1 spiro atoms. The lowest BCUT2D eigenvalue weighted by Crippen LogP contribution is -2.46. The monoisotopic (exact) mass is 361 g/mol. The molecule has 0 atom stereocenters. The van der Waals surface area contributed by atoms with Gasteiger partial charge in [-0.25, -0.2) is 0 Å². The topological polar surface area (TPSA) is 38.3 Å². The molecule has 0 aliphatic carbocycles. The molecular weight excluding hydrogens is 334 g/mol. The molecule has 140 valence electrons. The predicted octanol–water partition coefficient (Wildman–Crippen LogP) is 4.54. The molecule has 2 aromatic rings. The van der Waals surface area contributed by atoms with E-state index in [4.69, 9.17) is 4.74 Å². The Labute approximate surface area is 161 Å². The highest BCUT2D eigenvalue weighted by atomic mass is 16.5. The van der Waals surface area contributed by atoms with Gasteiger partial charge in [0.1, 0.15) is 17.1 Å². The first-order valence-corrected chi connectivity index (χ1v) is 10.0. The van der Waals surface area contributed by atoms with Gasteiger partial charge in [0, 0.05) is 31.2 Å². The van der Waals surface area contributed by atoms with Gasteiger partial charge in [-0.05, 0) is 48.4 Å². The first-order valence-electron chi connectivity index (χ1n) is 10.0. The van der Waals surface area contributed by atoms with Crippen molar-refractivity contribution in [3.05, 3.63) is 71.3 Å². The van der Waals surface area contributed by atoms with E-state index in [1.54, 1.807) is 0 Å². The summed E-state index contributed by atoms with van der Waals surface area (Å²) in [6, 6.07) is 16.8. The second-order valence-electron chi connectivity index (χ2n) is 7.63. The molecular formula is C24H27NO2. The maximum Gasteiger partial charge on any atom is 0.137 e. The van der Waals surface area contributed by atoms with Gasteiger partial charge in [-0.2, -0.15) is 0 Å². The Morgan fingerprint density at radius 1 is 1.07 bits per heavy atom. The number of piperidine rings is 1. The average Bonchev–Trinajstić information content (AvgIpc) is 2.69. The van der Waals surface area contributed by atoms with Crippen LogP contribution >= 0.6 is 0 Å². The number of Topliss-reactive ketones (excluding diaryl/α,β-unsaturated/α-hetero) is 1. The standard InChI is InChI=1S/C24H27NO2/c1-2-5-20(26)16-18-8-10-19(11-9-18)22-17-24(12-14-25-15-13-24)27-23-7-4-3-6-21(22)23/h3-4,6-11,17,25H,2,5,12-16H2,1H3. The van der Waals surface area contributed by atoms with Gasteiger partial charge >= 0.3 is 0 Å². The molecule has 2 aromatic carbocycles. The van der Waals surface area contributed by atoms with E-state index in [1.807, 2.05) is 13.0 Å². The molecule has 2 heterocycles.